The van der Waals surface area contributed by atoms with Gasteiger partial charge in [-0.05, 0) is 36.2 Å². The molecule has 2 atom stereocenters. The molecule has 1 saturated heterocycles. The van der Waals surface area contributed by atoms with Crippen LogP contribution in [0.5, 0.6) is 0 Å². The average molecular weight is 298 g/mol. The van der Waals surface area contributed by atoms with Gasteiger partial charge in [0, 0.05) is 36.7 Å². The third-order valence-corrected chi connectivity index (χ3v) is 4.21. The van der Waals surface area contributed by atoms with Crippen LogP contribution in [-0.2, 0) is 4.79 Å². The number of amides is 1. The average Bonchev–Trinajstić information content (AvgIpc) is 3.16. The SMILES string of the molecule is C[C@@H]1CN(C(=O)c2cccc(-n3cccc3)c2)C[C@H]1C(=O)O. The van der Waals surface area contributed by atoms with Crippen LogP contribution in [0.1, 0.15) is 17.3 Å². The van der Waals surface area contributed by atoms with Crippen molar-refractivity contribution < 1.29 is 14.7 Å². The number of hydrogen-bond acceptors (Lipinski definition) is 2. The Kier molecular flexibility index (Phi) is 3.71. The quantitative estimate of drug-likeness (QED) is 0.945. The van der Waals surface area contributed by atoms with Crippen LogP contribution in [0, 0.1) is 11.8 Å². The van der Waals surface area contributed by atoms with Gasteiger partial charge in [0.15, 0.2) is 0 Å². The van der Waals surface area contributed by atoms with Crippen molar-refractivity contribution in [2.45, 2.75) is 6.92 Å². The predicted octanol–water partition coefficient (Wildman–Crippen LogP) is 2.27. The molecule has 0 aliphatic carbocycles. The maximum Gasteiger partial charge on any atom is 0.308 e. The summed E-state index contributed by atoms with van der Waals surface area (Å²) in [5.74, 6) is -1.43. The molecule has 1 N–H and O–H groups in total. The molecule has 3 rings (SSSR count). The smallest absolute Gasteiger partial charge is 0.308 e. The summed E-state index contributed by atoms with van der Waals surface area (Å²) in [6.07, 6.45) is 3.84. The van der Waals surface area contributed by atoms with Crippen LogP contribution in [0.2, 0.25) is 0 Å². The zero-order chi connectivity index (χ0) is 15.7. The minimum absolute atomic E-state index is 0.0194. The normalized spacial score (nSPS) is 21.0. The first-order valence-electron chi connectivity index (χ1n) is 7.32. The maximum absolute atomic E-state index is 12.6. The summed E-state index contributed by atoms with van der Waals surface area (Å²) in [6, 6.07) is 11.2. The molecule has 0 saturated carbocycles. The fourth-order valence-corrected chi connectivity index (χ4v) is 2.94. The molecule has 0 spiro atoms. The molecule has 1 aromatic heterocycles. The van der Waals surface area contributed by atoms with Crippen molar-refractivity contribution in [1.82, 2.24) is 9.47 Å². The molecule has 0 unspecified atom stereocenters. The number of benzene rings is 1. The first-order valence-corrected chi connectivity index (χ1v) is 7.32. The van der Waals surface area contributed by atoms with Crippen LogP contribution in [0.3, 0.4) is 0 Å². The number of carboxylic acids is 1. The van der Waals surface area contributed by atoms with Gasteiger partial charge in [0.2, 0.25) is 0 Å². The minimum Gasteiger partial charge on any atom is -0.481 e. The molecule has 1 aliphatic rings. The summed E-state index contributed by atoms with van der Waals surface area (Å²) in [5, 5.41) is 9.18. The number of likely N-dealkylation sites (tertiary alicyclic amines) is 1. The Morgan fingerprint density at radius 2 is 1.86 bits per heavy atom. The van der Waals surface area contributed by atoms with E-state index in [9.17, 15) is 14.7 Å². The fourth-order valence-electron chi connectivity index (χ4n) is 2.94. The molecule has 5 nitrogen and oxygen atoms in total. The monoisotopic (exact) mass is 298 g/mol. The Labute approximate surface area is 128 Å². The number of hydrogen-bond donors (Lipinski definition) is 1. The third-order valence-electron chi connectivity index (χ3n) is 4.21. The second-order valence-electron chi connectivity index (χ2n) is 5.77. The van der Waals surface area contributed by atoms with Gasteiger partial charge >= 0.3 is 5.97 Å². The summed E-state index contributed by atoms with van der Waals surface area (Å²) >= 11 is 0. The minimum atomic E-state index is -0.830. The Morgan fingerprint density at radius 3 is 2.50 bits per heavy atom. The van der Waals surface area contributed by atoms with Gasteiger partial charge in [0.05, 0.1) is 5.92 Å². The zero-order valence-corrected chi connectivity index (χ0v) is 12.3. The van der Waals surface area contributed by atoms with Gasteiger partial charge in [-0.1, -0.05) is 13.0 Å². The van der Waals surface area contributed by atoms with Gasteiger partial charge in [-0.3, -0.25) is 9.59 Å². The van der Waals surface area contributed by atoms with Gasteiger partial charge in [-0.2, -0.15) is 0 Å². The number of nitrogens with zero attached hydrogens (tertiary/aromatic N) is 2. The van der Waals surface area contributed by atoms with E-state index in [2.05, 4.69) is 0 Å². The van der Waals surface area contributed by atoms with E-state index in [0.29, 0.717) is 12.1 Å². The van der Waals surface area contributed by atoms with E-state index in [1.165, 1.54) is 0 Å². The molecule has 1 aromatic carbocycles. The topological polar surface area (TPSA) is 62.5 Å². The van der Waals surface area contributed by atoms with Crippen molar-refractivity contribution >= 4 is 11.9 Å². The number of carboxylic acid groups (broad SMARTS) is 1. The highest BCUT2D eigenvalue weighted by molar-refractivity contribution is 5.95. The lowest BCUT2D eigenvalue weighted by Crippen LogP contribution is -2.30. The van der Waals surface area contributed by atoms with Crippen molar-refractivity contribution in [3.8, 4) is 5.69 Å². The van der Waals surface area contributed by atoms with E-state index in [1.54, 1.807) is 11.0 Å². The molecule has 2 aromatic rings. The van der Waals surface area contributed by atoms with Crippen molar-refractivity contribution in [3.05, 3.63) is 54.4 Å². The van der Waals surface area contributed by atoms with E-state index in [1.807, 2.05) is 54.2 Å². The van der Waals surface area contributed by atoms with Gasteiger partial charge < -0.3 is 14.6 Å². The predicted molar refractivity (Wildman–Crippen MR) is 82.0 cm³/mol. The summed E-state index contributed by atoms with van der Waals surface area (Å²) in [5.41, 5.74) is 1.50. The zero-order valence-electron chi connectivity index (χ0n) is 12.3. The van der Waals surface area contributed by atoms with Gasteiger partial charge in [0.25, 0.3) is 5.91 Å². The van der Waals surface area contributed by atoms with Crippen molar-refractivity contribution in [2.24, 2.45) is 11.8 Å². The molecule has 1 aliphatic heterocycles. The lowest BCUT2D eigenvalue weighted by molar-refractivity contribution is -0.142. The molecule has 0 radical (unpaired) electrons. The maximum atomic E-state index is 12.6. The Hall–Kier alpha value is -2.56. The molecule has 1 fully saturated rings. The fraction of sp³-hybridized carbons (Fsp3) is 0.294. The lowest BCUT2D eigenvalue weighted by atomic mass is 9.99. The molecule has 22 heavy (non-hydrogen) atoms. The number of aromatic nitrogens is 1. The molecular weight excluding hydrogens is 280 g/mol. The van der Waals surface area contributed by atoms with E-state index in [-0.39, 0.29) is 18.4 Å². The van der Waals surface area contributed by atoms with Crippen LogP contribution in [-0.4, -0.2) is 39.5 Å². The highest BCUT2D eigenvalue weighted by Crippen LogP contribution is 2.25. The second kappa shape index (κ2) is 5.67. The highest BCUT2D eigenvalue weighted by Gasteiger charge is 2.37. The molecule has 0 bridgehead atoms. The van der Waals surface area contributed by atoms with Gasteiger partial charge in [0.1, 0.15) is 0 Å². The first-order chi connectivity index (χ1) is 10.6. The van der Waals surface area contributed by atoms with Crippen LogP contribution in [0.4, 0.5) is 0 Å². The van der Waals surface area contributed by atoms with E-state index in [4.69, 9.17) is 0 Å². The largest absolute Gasteiger partial charge is 0.481 e. The molecular formula is C17H18N2O3. The van der Waals surface area contributed by atoms with Crippen molar-refractivity contribution in [1.29, 1.82) is 0 Å². The third kappa shape index (κ3) is 2.62. The number of carbonyl (C=O) groups excluding carboxylic acids is 1. The van der Waals surface area contributed by atoms with Crippen molar-refractivity contribution in [2.75, 3.05) is 13.1 Å². The summed E-state index contributed by atoms with van der Waals surface area (Å²) in [4.78, 5) is 25.4. The first kappa shape index (κ1) is 14.4. The second-order valence-corrected chi connectivity index (χ2v) is 5.77. The van der Waals surface area contributed by atoms with E-state index >= 15 is 0 Å². The summed E-state index contributed by atoms with van der Waals surface area (Å²) in [6.45, 7) is 2.65. The summed E-state index contributed by atoms with van der Waals surface area (Å²) in [7, 11) is 0. The van der Waals surface area contributed by atoms with E-state index in [0.717, 1.165) is 5.69 Å². The molecule has 1 amide bonds. The van der Waals surface area contributed by atoms with Gasteiger partial charge in [-0.25, -0.2) is 0 Å². The lowest BCUT2D eigenvalue weighted by Gasteiger charge is -2.16. The van der Waals surface area contributed by atoms with Crippen molar-refractivity contribution in [3.63, 3.8) is 0 Å². The molecule has 2 heterocycles. The Balaban J connectivity index is 1.81. The Morgan fingerprint density at radius 1 is 1.14 bits per heavy atom. The number of carbonyl (C=O) groups is 2. The standard InChI is InChI=1S/C17H18N2O3/c1-12-10-19(11-15(12)17(21)22)16(20)13-5-4-6-14(9-13)18-7-2-3-8-18/h2-9,12,15H,10-11H2,1H3,(H,21,22)/t12-,15-/m1/s1. The van der Waals surface area contributed by atoms with Crippen LogP contribution in [0.25, 0.3) is 5.69 Å². The Bertz CT molecular complexity index is 694. The number of aliphatic carboxylic acids is 1. The summed E-state index contributed by atoms with van der Waals surface area (Å²) < 4.78 is 1.93. The number of rotatable bonds is 3. The van der Waals surface area contributed by atoms with E-state index < -0.39 is 11.9 Å². The van der Waals surface area contributed by atoms with Crippen LogP contribution in [0.15, 0.2) is 48.8 Å². The van der Waals surface area contributed by atoms with Crippen LogP contribution >= 0.6 is 0 Å². The van der Waals surface area contributed by atoms with Gasteiger partial charge in [-0.15, -0.1) is 0 Å². The highest BCUT2D eigenvalue weighted by atomic mass is 16.4. The van der Waals surface area contributed by atoms with Crippen LogP contribution < -0.4 is 0 Å². The molecule has 5 heteroatoms. The molecule has 114 valence electrons.